The highest BCUT2D eigenvalue weighted by molar-refractivity contribution is 6.01. The van der Waals surface area contributed by atoms with Gasteiger partial charge in [-0.05, 0) is 36.6 Å². The van der Waals surface area contributed by atoms with Crippen molar-refractivity contribution in [3.05, 3.63) is 65.7 Å². The van der Waals surface area contributed by atoms with E-state index in [9.17, 15) is 19.5 Å². The normalized spacial score (nSPS) is 12.5. The summed E-state index contributed by atoms with van der Waals surface area (Å²) in [5, 5.41) is 10.0. The number of methoxy groups -OCH3 is 1. The number of nitrogens with zero attached hydrogens (tertiary/aromatic N) is 1. The fourth-order valence-electron chi connectivity index (χ4n) is 3.90. The Morgan fingerprint density at radius 2 is 1.63 bits per heavy atom. The van der Waals surface area contributed by atoms with Crippen LogP contribution in [0.25, 0.3) is 0 Å². The first-order valence-electron chi connectivity index (χ1n) is 12.2. The second-order valence-corrected chi connectivity index (χ2v) is 8.68. The maximum atomic E-state index is 13.6. The lowest BCUT2D eigenvalue weighted by atomic mass is 9.94. The van der Waals surface area contributed by atoms with Crippen LogP contribution in [0.1, 0.15) is 57.1 Å². The van der Waals surface area contributed by atoms with Crippen LogP contribution < -0.4 is 4.74 Å². The quantitative estimate of drug-likeness (QED) is 0.270. The van der Waals surface area contributed by atoms with Crippen molar-refractivity contribution >= 4 is 17.7 Å². The molecular weight excluding hydrogens is 446 g/mol. The van der Waals surface area contributed by atoms with Gasteiger partial charge in [0.2, 0.25) is 5.91 Å². The molecule has 2 rings (SSSR count). The standard InChI is InChI=1S/C28H37NO6/c1-4-5-6-10-13-25(21(2)30)27(31)29(18-22-14-16-24(34-3)17-15-22)26(28(32)33)20-35-19-23-11-8-7-9-12-23/h7-9,11-12,14-17,25-26H,4-6,10,13,18-20H2,1-3H3,(H,32,33)/t25?,26-/m0/s1. The van der Waals surface area contributed by atoms with E-state index in [4.69, 9.17) is 9.47 Å². The predicted octanol–water partition coefficient (Wildman–Crippen LogP) is 4.87. The number of carbonyl (C=O) groups excluding carboxylic acids is 2. The number of benzene rings is 2. The summed E-state index contributed by atoms with van der Waals surface area (Å²) < 4.78 is 10.9. The minimum Gasteiger partial charge on any atom is -0.497 e. The summed E-state index contributed by atoms with van der Waals surface area (Å²) in [6, 6.07) is 15.3. The van der Waals surface area contributed by atoms with Crippen molar-refractivity contribution in [2.24, 2.45) is 5.92 Å². The van der Waals surface area contributed by atoms with Crippen molar-refractivity contribution in [1.82, 2.24) is 4.90 Å². The Hall–Kier alpha value is -3.19. The van der Waals surface area contributed by atoms with Gasteiger partial charge in [0.15, 0.2) is 6.04 Å². The smallest absolute Gasteiger partial charge is 0.328 e. The van der Waals surface area contributed by atoms with Crippen LogP contribution in [0.4, 0.5) is 0 Å². The summed E-state index contributed by atoms with van der Waals surface area (Å²) >= 11 is 0. The Morgan fingerprint density at radius 1 is 0.943 bits per heavy atom. The zero-order chi connectivity index (χ0) is 25.6. The maximum absolute atomic E-state index is 13.6. The number of hydrogen-bond donors (Lipinski definition) is 1. The number of ether oxygens (including phenoxy) is 2. The molecular formula is C28H37NO6. The fraction of sp³-hybridized carbons (Fsp3) is 0.464. The van der Waals surface area contributed by atoms with E-state index in [1.807, 2.05) is 30.3 Å². The average Bonchev–Trinajstić information content (AvgIpc) is 2.86. The van der Waals surface area contributed by atoms with E-state index in [2.05, 4.69) is 6.92 Å². The molecule has 0 radical (unpaired) electrons. The summed E-state index contributed by atoms with van der Waals surface area (Å²) in [5.41, 5.74) is 1.64. The predicted molar refractivity (Wildman–Crippen MR) is 134 cm³/mol. The van der Waals surface area contributed by atoms with Crippen molar-refractivity contribution < 1.29 is 29.0 Å². The molecule has 0 spiro atoms. The number of carboxylic acid groups (broad SMARTS) is 1. The van der Waals surface area contributed by atoms with Gasteiger partial charge in [-0.15, -0.1) is 0 Å². The minimum atomic E-state index is -1.23. The number of hydrogen-bond acceptors (Lipinski definition) is 5. The summed E-state index contributed by atoms with van der Waals surface area (Å²) in [7, 11) is 1.56. The van der Waals surface area contributed by atoms with Gasteiger partial charge >= 0.3 is 5.97 Å². The first kappa shape index (κ1) is 28.1. The SMILES string of the molecule is CCCCCCC(C(C)=O)C(=O)N(Cc1ccc(OC)cc1)[C@@H](COCc1ccccc1)C(=O)O. The molecule has 0 aliphatic carbocycles. The molecule has 35 heavy (non-hydrogen) atoms. The number of rotatable bonds is 16. The molecule has 0 aromatic heterocycles. The molecule has 1 N–H and O–H groups in total. The molecule has 0 aliphatic rings. The molecule has 7 nitrogen and oxygen atoms in total. The van der Waals surface area contributed by atoms with Gasteiger partial charge in [-0.3, -0.25) is 9.59 Å². The molecule has 0 saturated heterocycles. The number of ketones is 1. The van der Waals surface area contributed by atoms with E-state index < -0.39 is 23.8 Å². The highest BCUT2D eigenvalue weighted by atomic mass is 16.5. The van der Waals surface area contributed by atoms with Gasteiger partial charge in [0.1, 0.15) is 11.5 Å². The first-order chi connectivity index (χ1) is 16.9. The van der Waals surface area contributed by atoms with E-state index >= 15 is 0 Å². The Kier molecular flexibility index (Phi) is 12.0. The van der Waals surface area contributed by atoms with Crippen LogP contribution in [0, 0.1) is 5.92 Å². The lowest BCUT2D eigenvalue weighted by Gasteiger charge is -2.32. The molecule has 2 aromatic rings. The van der Waals surface area contributed by atoms with Crippen molar-refractivity contribution in [2.75, 3.05) is 13.7 Å². The molecule has 190 valence electrons. The van der Waals surface area contributed by atoms with Crippen molar-refractivity contribution in [2.45, 2.75) is 65.1 Å². The molecule has 1 unspecified atom stereocenters. The second-order valence-electron chi connectivity index (χ2n) is 8.68. The average molecular weight is 484 g/mol. The van der Waals surface area contributed by atoms with Crippen molar-refractivity contribution in [1.29, 1.82) is 0 Å². The van der Waals surface area contributed by atoms with Gasteiger partial charge in [0, 0.05) is 6.54 Å². The van der Waals surface area contributed by atoms with Crippen LogP contribution in [0.2, 0.25) is 0 Å². The molecule has 2 atom stereocenters. The topological polar surface area (TPSA) is 93.1 Å². The number of Topliss-reactive ketones (excluding diaryl/α,β-unsaturated/α-hetero) is 1. The molecule has 7 heteroatoms. The van der Waals surface area contributed by atoms with Crippen LogP contribution in [0.3, 0.4) is 0 Å². The van der Waals surface area contributed by atoms with Gasteiger partial charge in [-0.1, -0.05) is 75.1 Å². The van der Waals surface area contributed by atoms with Crippen LogP contribution in [0.5, 0.6) is 5.75 Å². The molecule has 1 amide bonds. The number of amides is 1. The highest BCUT2D eigenvalue weighted by Crippen LogP contribution is 2.21. The third-order valence-electron chi connectivity index (χ3n) is 5.98. The van der Waals surface area contributed by atoms with Crippen molar-refractivity contribution in [3.63, 3.8) is 0 Å². The largest absolute Gasteiger partial charge is 0.497 e. The second kappa shape index (κ2) is 14.9. The van der Waals surface area contributed by atoms with E-state index in [1.165, 1.54) is 11.8 Å². The number of aliphatic carboxylic acids is 1. The van der Waals surface area contributed by atoms with Gasteiger partial charge in [-0.25, -0.2) is 4.79 Å². The highest BCUT2D eigenvalue weighted by Gasteiger charge is 2.35. The Bertz CT molecular complexity index is 928. The number of carbonyl (C=O) groups is 3. The summed E-state index contributed by atoms with van der Waals surface area (Å²) in [4.78, 5) is 39.6. The van der Waals surface area contributed by atoms with Gasteiger partial charge < -0.3 is 19.5 Å². The maximum Gasteiger partial charge on any atom is 0.328 e. The molecule has 0 saturated carbocycles. The van der Waals surface area contributed by atoms with Crippen LogP contribution in [-0.2, 0) is 32.3 Å². The molecule has 0 bridgehead atoms. The summed E-state index contributed by atoms with van der Waals surface area (Å²) in [6.45, 7) is 3.58. The molecule has 0 fully saturated rings. The third kappa shape index (κ3) is 9.17. The van der Waals surface area contributed by atoms with E-state index in [-0.39, 0.29) is 25.5 Å². The first-order valence-corrected chi connectivity index (χ1v) is 12.2. The van der Waals surface area contributed by atoms with E-state index in [1.54, 1.807) is 31.4 Å². The van der Waals surface area contributed by atoms with Gasteiger partial charge in [0.25, 0.3) is 0 Å². The zero-order valence-corrected chi connectivity index (χ0v) is 20.9. The molecule has 0 aliphatic heterocycles. The van der Waals surface area contributed by atoms with Gasteiger partial charge in [0.05, 0.1) is 26.2 Å². The van der Waals surface area contributed by atoms with Crippen LogP contribution in [0.15, 0.2) is 54.6 Å². The lowest BCUT2D eigenvalue weighted by molar-refractivity contribution is -0.157. The van der Waals surface area contributed by atoms with E-state index in [0.717, 1.165) is 36.8 Å². The monoisotopic (exact) mass is 483 g/mol. The Morgan fingerprint density at radius 3 is 2.20 bits per heavy atom. The van der Waals surface area contributed by atoms with Crippen LogP contribution >= 0.6 is 0 Å². The number of unbranched alkanes of at least 4 members (excludes halogenated alkanes) is 3. The fourth-order valence-corrected chi connectivity index (χ4v) is 3.90. The minimum absolute atomic E-state index is 0.0488. The summed E-state index contributed by atoms with van der Waals surface area (Å²) in [6.07, 6.45) is 4.14. The third-order valence-corrected chi connectivity index (χ3v) is 5.98. The van der Waals surface area contributed by atoms with Gasteiger partial charge in [-0.2, -0.15) is 0 Å². The Balaban J connectivity index is 2.26. The zero-order valence-electron chi connectivity index (χ0n) is 20.9. The molecule has 0 heterocycles. The van der Waals surface area contributed by atoms with Crippen LogP contribution in [-0.4, -0.2) is 47.4 Å². The van der Waals surface area contributed by atoms with Crippen molar-refractivity contribution in [3.8, 4) is 5.75 Å². The van der Waals surface area contributed by atoms with E-state index in [0.29, 0.717) is 12.2 Å². The lowest BCUT2D eigenvalue weighted by Crippen LogP contribution is -2.50. The Labute approximate surface area is 208 Å². The summed E-state index contributed by atoms with van der Waals surface area (Å²) in [5.74, 6) is -2.11. The number of carboxylic acids is 1. The molecule has 2 aromatic carbocycles.